The van der Waals surface area contributed by atoms with E-state index in [-0.39, 0.29) is 32.1 Å². The number of allylic oxidation sites excluding steroid dienone is 8. The van der Waals surface area contributed by atoms with Crippen LogP contribution in [0.15, 0.2) is 48.6 Å². The fraction of sp³-hybridized carbons (Fsp3) is 0.737. The van der Waals surface area contributed by atoms with Crippen molar-refractivity contribution in [3.63, 3.8) is 0 Å². The van der Waals surface area contributed by atoms with Crippen molar-refractivity contribution < 1.29 is 37.9 Å². The lowest BCUT2D eigenvalue weighted by molar-refractivity contribution is -0.147. The summed E-state index contributed by atoms with van der Waals surface area (Å²) in [5.74, 6) is -0.550. The van der Waals surface area contributed by atoms with Gasteiger partial charge in [-0.05, 0) is 64.2 Å². The molecule has 0 fully saturated rings. The molecule has 10 heteroatoms. The molecule has 0 aliphatic rings. The van der Waals surface area contributed by atoms with Crippen LogP contribution >= 0.6 is 7.82 Å². The number of phosphoric acid groups is 1. The highest BCUT2D eigenvalue weighted by Gasteiger charge is 2.23. The van der Waals surface area contributed by atoms with Gasteiger partial charge in [0.1, 0.15) is 12.7 Å². The number of aliphatic hydroxyl groups excluding tert-OH is 1. The summed E-state index contributed by atoms with van der Waals surface area (Å²) >= 11 is 0. The fourth-order valence-electron chi connectivity index (χ4n) is 4.61. The number of unbranched alkanes of at least 4 members (excludes halogenated alkanes) is 13. The summed E-state index contributed by atoms with van der Waals surface area (Å²) in [5.41, 5.74) is 0. The molecule has 0 aliphatic carbocycles. The summed E-state index contributed by atoms with van der Waals surface area (Å²) in [4.78, 5) is 33.7. The van der Waals surface area contributed by atoms with Gasteiger partial charge in [0.25, 0.3) is 0 Å². The zero-order valence-electron chi connectivity index (χ0n) is 30.2. The second-order valence-electron chi connectivity index (χ2n) is 12.2. The molecule has 0 aromatic heterocycles. The Balaban J connectivity index is 3.68. The van der Waals surface area contributed by atoms with Crippen molar-refractivity contribution in [2.45, 2.75) is 155 Å². The first-order valence-electron chi connectivity index (χ1n) is 18.6. The minimum absolute atomic E-state index is 0.0704. The Morgan fingerprint density at radius 1 is 0.646 bits per heavy atom. The molecular weight excluding hydrogens is 629 g/mol. The summed E-state index contributed by atoms with van der Waals surface area (Å²) in [6.07, 6.45) is 37.5. The summed E-state index contributed by atoms with van der Waals surface area (Å²) in [6, 6.07) is 0. The molecule has 3 N–H and O–H groups in total. The van der Waals surface area contributed by atoms with Crippen molar-refractivity contribution in [2.24, 2.45) is 0 Å². The second-order valence-corrected chi connectivity index (χ2v) is 13.6. The zero-order valence-corrected chi connectivity index (χ0v) is 31.1. The van der Waals surface area contributed by atoms with Gasteiger partial charge in [-0.3, -0.25) is 18.6 Å². The van der Waals surface area contributed by atoms with Crippen molar-refractivity contribution in [2.75, 3.05) is 26.4 Å². The zero-order chi connectivity index (χ0) is 35.4. The summed E-state index contributed by atoms with van der Waals surface area (Å²) in [7, 11) is -4.42. The van der Waals surface area contributed by atoms with Gasteiger partial charge in [-0.15, -0.1) is 0 Å². The molecule has 0 spiro atoms. The Bertz CT molecular complexity index is 934. The lowest BCUT2D eigenvalue weighted by atomic mass is 10.1. The molecule has 0 heterocycles. The topological polar surface area (TPSA) is 131 Å². The predicted molar refractivity (Wildman–Crippen MR) is 197 cm³/mol. The number of hydrogen-bond donors (Lipinski definition) is 3. The van der Waals surface area contributed by atoms with Crippen molar-refractivity contribution in [1.29, 1.82) is 0 Å². The highest BCUT2D eigenvalue weighted by atomic mass is 31.2. The van der Waals surface area contributed by atoms with E-state index < -0.39 is 26.5 Å². The van der Waals surface area contributed by atoms with Crippen molar-refractivity contribution >= 4 is 19.7 Å². The number of esters is 1. The molecule has 0 rings (SSSR count). The van der Waals surface area contributed by atoms with Crippen molar-refractivity contribution in [3.8, 4) is 0 Å². The number of carbonyl (C=O) groups excluding carboxylic acids is 2. The molecule has 2 atom stereocenters. The van der Waals surface area contributed by atoms with Gasteiger partial charge in [-0.25, -0.2) is 4.57 Å². The Kier molecular flexibility index (Phi) is 33.3. The number of rotatable bonds is 34. The fourth-order valence-corrected chi connectivity index (χ4v) is 5.37. The molecule has 0 saturated carbocycles. The maximum absolute atomic E-state index is 12.0. The SMILES string of the molecule is CCC/C=C\C/C=C\CCCCCCCC(=O)NCCOP(=O)(O)OCC(O)COC(=O)CCCCCCC/C=C\C/C=C\CCCC. The molecule has 278 valence electrons. The largest absolute Gasteiger partial charge is 0.472 e. The molecule has 48 heavy (non-hydrogen) atoms. The number of nitrogens with one attached hydrogen (secondary N) is 1. The normalized spacial score (nSPS) is 14.0. The van der Waals surface area contributed by atoms with Crippen LogP contribution in [0.5, 0.6) is 0 Å². The molecule has 2 unspecified atom stereocenters. The van der Waals surface area contributed by atoms with Gasteiger partial charge in [0.2, 0.25) is 5.91 Å². The second kappa shape index (κ2) is 34.8. The van der Waals surface area contributed by atoms with E-state index in [1.165, 1.54) is 19.3 Å². The molecule has 0 aromatic rings. The number of carbonyl (C=O) groups is 2. The van der Waals surface area contributed by atoms with Crippen LogP contribution in [0, 0.1) is 0 Å². The maximum atomic E-state index is 12.0. The first kappa shape index (κ1) is 46.0. The first-order chi connectivity index (χ1) is 23.3. The third-order valence-corrected chi connectivity index (χ3v) is 8.45. The lowest BCUT2D eigenvalue weighted by Gasteiger charge is -2.15. The smallest absolute Gasteiger partial charge is 0.463 e. The Morgan fingerprint density at radius 2 is 1.17 bits per heavy atom. The molecular formula is C38H68NO8P. The Hall–Kier alpha value is -2.03. The van der Waals surface area contributed by atoms with Crippen LogP contribution < -0.4 is 5.32 Å². The highest BCUT2D eigenvalue weighted by molar-refractivity contribution is 7.47. The third kappa shape index (κ3) is 35.3. The minimum atomic E-state index is -4.42. The van der Waals surface area contributed by atoms with Crippen LogP contribution in [-0.4, -0.2) is 54.3 Å². The standard InChI is InChI=1S/C38H68NO8P/c1-3-5-7-9-11-13-15-17-19-21-23-25-27-29-31-38(42)45-34-36(40)35-47-48(43,44)46-33-32-39-37(41)30-28-26-24-22-20-18-16-14-12-10-8-6-4-2/h8-11,14-17,36,40H,3-7,12-13,18-35H2,1-2H3,(H,39,41)(H,43,44)/b10-8-,11-9-,16-14-,17-15-. The monoisotopic (exact) mass is 697 g/mol. The van der Waals surface area contributed by atoms with Crippen LogP contribution in [0.1, 0.15) is 149 Å². The van der Waals surface area contributed by atoms with E-state index in [1.54, 1.807) is 0 Å². The molecule has 0 radical (unpaired) electrons. The molecule has 0 saturated heterocycles. The quantitative estimate of drug-likeness (QED) is 0.0262. The van der Waals surface area contributed by atoms with E-state index in [1.807, 2.05) is 0 Å². The van der Waals surface area contributed by atoms with Crippen LogP contribution in [0.25, 0.3) is 0 Å². The van der Waals surface area contributed by atoms with E-state index in [9.17, 15) is 24.2 Å². The number of ether oxygens (including phenoxy) is 1. The van der Waals surface area contributed by atoms with E-state index in [4.69, 9.17) is 13.8 Å². The highest BCUT2D eigenvalue weighted by Crippen LogP contribution is 2.42. The van der Waals surface area contributed by atoms with Crippen LogP contribution in [0.2, 0.25) is 0 Å². The minimum Gasteiger partial charge on any atom is -0.463 e. The van der Waals surface area contributed by atoms with E-state index in [0.29, 0.717) is 6.42 Å². The van der Waals surface area contributed by atoms with Gasteiger partial charge < -0.3 is 20.1 Å². The van der Waals surface area contributed by atoms with Crippen LogP contribution in [0.3, 0.4) is 0 Å². The third-order valence-electron chi connectivity index (χ3n) is 7.46. The van der Waals surface area contributed by atoms with Gasteiger partial charge in [-0.1, -0.05) is 120 Å². The summed E-state index contributed by atoms with van der Waals surface area (Å²) in [5, 5.41) is 12.6. The predicted octanol–water partition coefficient (Wildman–Crippen LogP) is 9.60. The van der Waals surface area contributed by atoms with Crippen LogP contribution in [-0.2, 0) is 27.9 Å². The van der Waals surface area contributed by atoms with E-state index in [2.05, 4.69) is 67.8 Å². The molecule has 1 amide bonds. The van der Waals surface area contributed by atoms with Crippen LogP contribution in [0.4, 0.5) is 0 Å². The number of aliphatic hydroxyl groups is 1. The molecule has 0 aromatic carbocycles. The molecule has 0 aliphatic heterocycles. The van der Waals surface area contributed by atoms with Gasteiger partial charge in [0.05, 0.1) is 13.2 Å². The van der Waals surface area contributed by atoms with Gasteiger partial charge in [-0.2, -0.15) is 0 Å². The number of amides is 1. The summed E-state index contributed by atoms with van der Waals surface area (Å²) in [6.45, 7) is 3.39. The number of hydrogen-bond acceptors (Lipinski definition) is 7. The van der Waals surface area contributed by atoms with E-state index >= 15 is 0 Å². The van der Waals surface area contributed by atoms with E-state index in [0.717, 1.165) is 103 Å². The first-order valence-corrected chi connectivity index (χ1v) is 20.1. The average molecular weight is 698 g/mol. The average Bonchev–Trinajstić information content (AvgIpc) is 3.07. The number of phosphoric ester groups is 1. The summed E-state index contributed by atoms with van der Waals surface area (Å²) < 4.78 is 26.7. The Labute approximate surface area is 292 Å². The molecule has 9 nitrogen and oxygen atoms in total. The lowest BCUT2D eigenvalue weighted by Crippen LogP contribution is -2.27. The Morgan fingerprint density at radius 3 is 1.75 bits per heavy atom. The van der Waals surface area contributed by atoms with Gasteiger partial charge in [0, 0.05) is 19.4 Å². The maximum Gasteiger partial charge on any atom is 0.472 e. The van der Waals surface area contributed by atoms with Crippen molar-refractivity contribution in [3.05, 3.63) is 48.6 Å². The van der Waals surface area contributed by atoms with Gasteiger partial charge in [0.15, 0.2) is 0 Å². The van der Waals surface area contributed by atoms with Crippen molar-refractivity contribution in [1.82, 2.24) is 5.32 Å². The molecule has 0 bridgehead atoms. The van der Waals surface area contributed by atoms with Gasteiger partial charge >= 0.3 is 13.8 Å².